The van der Waals surface area contributed by atoms with Gasteiger partial charge in [-0.25, -0.2) is 9.18 Å². The van der Waals surface area contributed by atoms with E-state index in [2.05, 4.69) is 22.5 Å². The zero-order valence-corrected chi connectivity index (χ0v) is 11.1. The predicted molar refractivity (Wildman–Crippen MR) is 79.4 cm³/mol. The van der Waals surface area contributed by atoms with Crippen molar-refractivity contribution >= 4 is 17.4 Å². The van der Waals surface area contributed by atoms with Crippen LogP contribution in [-0.4, -0.2) is 17.7 Å². The van der Waals surface area contributed by atoms with E-state index in [1.165, 1.54) is 12.1 Å². The van der Waals surface area contributed by atoms with Crippen LogP contribution in [0.1, 0.15) is 5.56 Å². The Bertz CT molecular complexity index is 687. The van der Waals surface area contributed by atoms with Gasteiger partial charge in [-0.2, -0.15) is 0 Å². The fraction of sp³-hybridized carbons (Fsp3) is 0.0625. The van der Waals surface area contributed by atoms with Crippen LogP contribution in [0.4, 0.5) is 20.6 Å². The Morgan fingerprint density at radius 2 is 1.81 bits per heavy atom. The number of aliphatic hydroxyl groups excluding tert-OH is 1. The largest absolute Gasteiger partial charge is 0.384 e. The van der Waals surface area contributed by atoms with E-state index >= 15 is 0 Å². The molecule has 2 rings (SSSR count). The molecule has 106 valence electrons. The molecule has 5 heteroatoms. The number of nitrogens with one attached hydrogen (secondary N) is 2. The van der Waals surface area contributed by atoms with E-state index in [0.717, 1.165) is 5.56 Å². The summed E-state index contributed by atoms with van der Waals surface area (Å²) in [4.78, 5) is 11.7. The smallest absolute Gasteiger partial charge is 0.323 e. The molecule has 0 saturated heterocycles. The van der Waals surface area contributed by atoms with E-state index < -0.39 is 11.8 Å². The molecular weight excluding hydrogens is 271 g/mol. The number of aliphatic hydroxyl groups is 1. The van der Waals surface area contributed by atoms with Crippen LogP contribution >= 0.6 is 0 Å². The second kappa shape index (κ2) is 7.08. The maximum absolute atomic E-state index is 13.4. The summed E-state index contributed by atoms with van der Waals surface area (Å²) in [7, 11) is 0. The first-order valence-electron chi connectivity index (χ1n) is 6.21. The highest BCUT2D eigenvalue weighted by Crippen LogP contribution is 2.14. The quantitative estimate of drug-likeness (QED) is 0.743. The van der Waals surface area contributed by atoms with Crippen molar-refractivity contribution in [1.82, 2.24) is 0 Å². The number of anilines is 2. The molecule has 0 bridgehead atoms. The molecule has 2 aromatic rings. The van der Waals surface area contributed by atoms with Gasteiger partial charge in [0, 0.05) is 11.3 Å². The van der Waals surface area contributed by atoms with Gasteiger partial charge in [-0.05, 0) is 36.4 Å². The van der Waals surface area contributed by atoms with Crippen LogP contribution in [0.25, 0.3) is 0 Å². The Hall–Kier alpha value is -2.84. The van der Waals surface area contributed by atoms with Crippen molar-refractivity contribution in [3.8, 4) is 11.8 Å². The Morgan fingerprint density at radius 1 is 1.10 bits per heavy atom. The van der Waals surface area contributed by atoms with Crippen molar-refractivity contribution in [2.45, 2.75) is 0 Å². The molecule has 0 aromatic heterocycles. The van der Waals surface area contributed by atoms with E-state index in [0.29, 0.717) is 5.69 Å². The molecule has 0 atom stereocenters. The highest BCUT2D eigenvalue weighted by molar-refractivity contribution is 5.99. The van der Waals surface area contributed by atoms with Gasteiger partial charge in [0.2, 0.25) is 0 Å². The first-order chi connectivity index (χ1) is 10.2. The molecule has 2 aromatic carbocycles. The van der Waals surface area contributed by atoms with Crippen LogP contribution in [0.3, 0.4) is 0 Å². The fourth-order valence-electron chi connectivity index (χ4n) is 1.63. The summed E-state index contributed by atoms with van der Waals surface area (Å²) in [6, 6.07) is 12.1. The third kappa shape index (κ3) is 4.34. The normalized spacial score (nSPS) is 9.43. The van der Waals surface area contributed by atoms with Crippen LogP contribution in [-0.2, 0) is 0 Å². The van der Waals surface area contributed by atoms with Crippen LogP contribution in [0.5, 0.6) is 0 Å². The fourth-order valence-corrected chi connectivity index (χ4v) is 1.63. The van der Waals surface area contributed by atoms with E-state index in [4.69, 9.17) is 5.11 Å². The van der Waals surface area contributed by atoms with Gasteiger partial charge in [0.25, 0.3) is 0 Å². The molecule has 0 aliphatic rings. The van der Waals surface area contributed by atoms with E-state index in [-0.39, 0.29) is 12.3 Å². The zero-order chi connectivity index (χ0) is 15.1. The number of benzene rings is 2. The third-order valence-electron chi connectivity index (χ3n) is 2.58. The Kier molecular flexibility index (Phi) is 4.91. The number of carbonyl (C=O) groups excluding carboxylic acids is 1. The van der Waals surface area contributed by atoms with Gasteiger partial charge in [-0.3, -0.25) is 0 Å². The molecule has 21 heavy (non-hydrogen) atoms. The first kappa shape index (κ1) is 14.6. The number of urea groups is 1. The highest BCUT2D eigenvalue weighted by Gasteiger charge is 2.05. The summed E-state index contributed by atoms with van der Waals surface area (Å²) in [5.74, 6) is 4.77. The van der Waals surface area contributed by atoms with Crippen LogP contribution in [0.2, 0.25) is 0 Å². The molecular formula is C16H13FN2O2. The molecule has 0 aliphatic heterocycles. The minimum absolute atomic E-state index is 0.112. The van der Waals surface area contributed by atoms with Gasteiger partial charge in [0.05, 0.1) is 5.69 Å². The lowest BCUT2D eigenvalue weighted by Gasteiger charge is -2.08. The third-order valence-corrected chi connectivity index (χ3v) is 2.58. The molecule has 0 heterocycles. The Morgan fingerprint density at radius 3 is 2.48 bits per heavy atom. The predicted octanol–water partition coefficient (Wildman–Crippen LogP) is 2.81. The summed E-state index contributed by atoms with van der Waals surface area (Å²) in [6.07, 6.45) is 0. The maximum Gasteiger partial charge on any atom is 0.323 e. The second-order valence-corrected chi connectivity index (χ2v) is 4.10. The minimum atomic E-state index is -0.533. The van der Waals surface area contributed by atoms with E-state index in [1.54, 1.807) is 36.4 Å². The Labute approximate surface area is 121 Å². The highest BCUT2D eigenvalue weighted by atomic mass is 19.1. The molecule has 0 spiro atoms. The van der Waals surface area contributed by atoms with Crippen molar-refractivity contribution in [2.24, 2.45) is 0 Å². The maximum atomic E-state index is 13.4. The van der Waals surface area contributed by atoms with Gasteiger partial charge in [-0.15, -0.1) is 0 Å². The monoisotopic (exact) mass is 284 g/mol. The number of amides is 2. The SMILES string of the molecule is O=C(Nc1ccc(C#CCO)cc1)Nc1ccccc1F. The van der Waals surface area contributed by atoms with Gasteiger partial charge in [0.1, 0.15) is 12.4 Å². The molecule has 4 nitrogen and oxygen atoms in total. The van der Waals surface area contributed by atoms with Crippen molar-refractivity contribution in [2.75, 3.05) is 17.2 Å². The Balaban J connectivity index is 1.98. The molecule has 0 unspecified atom stereocenters. The summed E-state index contributed by atoms with van der Waals surface area (Å²) >= 11 is 0. The van der Waals surface area contributed by atoms with Crippen LogP contribution in [0.15, 0.2) is 48.5 Å². The van der Waals surface area contributed by atoms with Crippen molar-refractivity contribution in [1.29, 1.82) is 0 Å². The molecule has 2 amide bonds. The average molecular weight is 284 g/mol. The van der Waals surface area contributed by atoms with Gasteiger partial charge >= 0.3 is 6.03 Å². The standard InChI is InChI=1S/C16H13FN2O2/c17-14-5-1-2-6-15(14)19-16(21)18-13-9-7-12(8-10-13)4-3-11-20/h1-2,5-10,20H,11H2,(H2,18,19,21). The number of rotatable bonds is 2. The van der Waals surface area contributed by atoms with Gasteiger partial charge in [0.15, 0.2) is 0 Å². The van der Waals surface area contributed by atoms with Crippen LogP contribution in [0, 0.1) is 17.7 Å². The van der Waals surface area contributed by atoms with Crippen molar-refractivity contribution < 1.29 is 14.3 Å². The van der Waals surface area contributed by atoms with Gasteiger partial charge < -0.3 is 15.7 Å². The summed E-state index contributed by atoms with van der Waals surface area (Å²) in [5, 5.41) is 13.6. The lowest BCUT2D eigenvalue weighted by atomic mass is 10.2. The van der Waals surface area contributed by atoms with Crippen molar-refractivity contribution in [3.63, 3.8) is 0 Å². The molecule has 0 saturated carbocycles. The molecule has 3 N–H and O–H groups in total. The summed E-state index contributed by atoms with van der Waals surface area (Å²) < 4.78 is 13.4. The number of halogens is 1. The van der Waals surface area contributed by atoms with E-state index in [9.17, 15) is 9.18 Å². The average Bonchev–Trinajstić information content (AvgIpc) is 2.49. The molecule has 0 aliphatic carbocycles. The van der Waals surface area contributed by atoms with Crippen LogP contribution < -0.4 is 10.6 Å². The number of hydrogen-bond donors (Lipinski definition) is 3. The lowest BCUT2D eigenvalue weighted by Crippen LogP contribution is -2.20. The van der Waals surface area contributed by atoms with Crippen molar-refractivity contribution in [3.05, 3.63) is 59.9 Å². The first-order valence-corrected chi connectivity index (χ1v) is 6.21. The molecule has 0 fully saturated rings. The second-order valence-electron chi connectivity index (χ2n) is 4.10. The topological polar surface area (TPSA) is 61.4 Å². The molecule has 0 radical (unpaired) electrons. The lowest BCUT2D eigenvalue weighted by molar-refractivity contribution is 0.262. The summed E-state index contributed by atoms with van der Waals surface area (Å²) in [6.45, 7) is -0.203. The number of hydrogen-bond acceptors (Lipinski definition) is 2. The number of carbonyl (C=O) groups is 1. The summed E-state index contributed by atoms with van der Waals surface area (Å²) in [5.41, 5.74) is 1.39. The number of para-hydroxylation sites is 1. The minimum Gasteiger partial charge on any atom is -0.384 e. The zero-order valence-electron chi connectivity index (χ0n) is 11.1. The van der Waals surface area contributed by atoms with Gasteiger partial charge in [-0.1, -0.05) is 24.0 Å². The van der Waals surface area contributed by atoms with E-state index in [1.807, 2.05) is 0 Å².